The quantitative estimate of drug-likeness (QED) is 0.822. The van der Waals surface area contributed by atoms with E-state index in [-0.39, 0.29) is 18.0 Å². The Morgan fingerprint density at radius 1 is 1.28 bits per heavy atom. The lowest BCUT2D eigenvalue weighted by molar-refractivity contribution is -0.132. The molecular weight excluding hydrogens is 224 g/mol. The van der Waals surface area contributed by atoms with Crippen LogP contribution < -0.4 is 5.73 Å². The summed E-state index contributed by atoms with van der Waals surface area (Å²) in [6.45, 7) is 1.68. The van der Waals surface area contributed by atoms with Gasteiger partial charge in [-0.3, -0.25) is 4.79 Å². The maximum absolute atomic E-state index is 12.0. The van der Waals surface area contributed by atoms with Gasteiger partial charge in [-0.25, -0.2) is 0 Å². The second-order valence-electron chi connectivity index (χ2n) is 5.56. The fraction of sp³-hybridized carbons (Fsp3) is 0.533. The molecule has 3 nitrogen and oxygen atoms in total. The smallest absolute Gasteiger partial charge is 0.220 e. The highest BCUT2D eigenvalue weighted by molar-refractivity contribution is 5.75. The molecule has 1 heterocycles. The summed E-state index contributed by atoms with van der Waals surface area (Å²) >= 11 is 0. The SMILES string of the molecule is CC(=O)N1C(c2ccccc2)C[C@@H]2[C@H]1CC[C@@H]2N. The van der Waals surface area contributed by atoms with E-state index in [1.807, 2.05) is 18.2 Å². The number of fused-ring (bicyclic) bond motifs is 1. The van der Waals surface area contributed by atoms with Crippen LogP contribution in [-0.4, -0.2) is 22.9 Å². The first kappa shape index (κ1) is 11.7. The van der Waals surface area contributed by atoms with E-state index in [2.05, 4.69) is 17.0 Å². The molecule has 3 heteroatoms. The molecule has 96 valence electrons. The monoisotopic (exact) mass is 244 g/mol. The van der Waals surface area contributed by atoms with Crippen molar-refractivity contribution in [2.75, 3.05) is 0 Å². The fourth-order valence-electron chi connectivity index (χ4n) is 3.78. The Labute approximate surface area is 108 Å². The van der Waals surface area contributed by atoms with Gasteiger partial charge in [0.25, 0.3) is 0 Å². The van der Waals surface area contributed by atoms with Gasteiger partial charge in [0.05, 0.1) is 6.04 Å². The number of carbonyl (C=O) groups is 1. The molecule has 4 atom stereocenters. The average molecular weight is 244 g/mol. The summed E-state index contributed by atoms with van der Waals surface area (Å²) in [5.74, 6) is 0.671. The lowest BCUT2D eigenvalue weighted by Gasteiger charge is -2.29. The number of amides is 1. The predicted molar refractivity (Wildman–Crippen MR) is 70.8 cm³/mol. The van der Waals surface area contributed by atoms with Crippen LogP contribution in [-0.2, 0) is 4.79 Å². The molecular formula is C15H20N2O. The van der Waals surface area contributed by atoms with Crippen molar-refractivity contribution in [3.63, 3.8) is 0 Å². The Balaban J connectivity index is 1.93. The van der Waals surface area contributed by atoms with E-state index >= 15 is 0 Å². The summed E-state index contributed by atoms with van der Waals surface area (Å²) in [6, 6.07) is 11.2. The normalized spacial score (nSPS) is 34.7. The number of likely N-dealkylation sites (tertiary alicyclic amines) is 1. The first-order chi connectivity index (χ1) is 8.68. The van der Waals surface area contributed by atoms with Crippen LogP contribution in [0.5, 0.6) is 0 Å². The molecule has 2 fully saturated rings. The van der Waals surface area contributed by atoms with E-state index in [9.17, 15) is 4.79 Å². The maximum Gasteiger partial charge on any atom is 0.220 e. The molecule has 18 heavy (non-hydrogen) atoms. The van der Waals surface area contributed by atoms with Crippen molar-refractivity contribution in [2.24, 2.45) is 11.7 Å². The Hall–Kier alpha value is -1.35. The van der Waals surface area contributed by atoms with Crippen LogP contribution in [0.4, 0.5) is 0 Å². The first-order valence-electron chi connectivity index (χ1n) is 6.78. The molecule has 1 aliphatic heterocycles. The highest BCUT2D eigenvalue weighted by Crippen LogP contribution is 2.46. The Kier molecular flexibility index (Phi) is 2.86. The highest BCUT2D eigenvalue weighted by Gasteiger charge is 2.48. The lowest BCUT2D eigenvalue weighted by atomic mass is 9.95. The van der Waals surface area contributed by atoms with Crippen LogP contribution in [0.15, 0.2) is 30.3 Å². The molecule has 0 bridgehead atoms. The van der Waals surface area contributed by atoms with Crippen LogP contribution in [0.25, 0.3) is 0 Å². The van der Waals surface area contributed by atoms with Crippen molar-refractivity contribution in [1.82, 2.24) is 4.90 Å². The summed E-state index contributed by atoms with van der Waals surface area (Å²) in [4.78, 5) is 14.0. The summed E-state index contributed by atoms with van der Waals surface area (Å²) < 4.78 is 0. The van der Waals surface area contributed by atoms with E-state index < -0.39 is 0 Å². The number of nitrogens with zero attached hydrogens (tertiary/aromatic N) is 1. The topological polar surface area (TPSA) is 46.3 Å². The summed E-state index contributed by atoms with van der Waals surface area (Å²) in [5, 5.41) is 0. The molecule has 1 aromatic carbocycles. The van der Waals surface area contributed by atoms with Crippen LogP contribution in [0.3, 0.4) is 0 Å². The van der Waals surface area contributed by atoms with Gasteiger partial charge in [-0.05, 0) is 30.7 Å². The molecule has 1 saturated carbocycles. The number of rotatable bonds is 1. The summed E-state index contributed by atoms with van der Waals surface area (Å²) in [5.41, 5.74) is 7.43. The largest absolute Gasteiger partial charge is 0.333 e. The molecule has 1 unspecified atom stereocenters. The van der Waals surface area contributed by atoms with Crippen molar-refractivity contribution in [1.29, 1.82) is 0 Å². The standard InChI is InChI=1S/C15H20N2O/c1-10(18)17-14-8-7-13(16)12(14)9-15(17)11-5-3-2-4-6-11/h2-6,12-15H,7-9,16H2,1H3/t12-,13-,14+,15?/m0/s1. The summed E-state index contributed by atoms with van der Waals surface area (Å²) in [7, 11) is 0. The van der Waals surface area contributed by atoms with Gasteiger partial charge < -0.3 is 10.6 Å². The van der Waals surface area contributed by atoms with Gasteiger partial charge in [-0.15, -0.1) is 0 Å². The molecule has 1 aromatic rings. The van der Waals surface area contributed by atoms with Gasteiger partial charge in [-0.2, -0.15) is 0 Å². The minimum absolute atomic E-state index is 0.186. The lowest BCUT2D eigenvalue weighted by Crippen LogP contribution is -2.37. The Morgan fingerprint density at radius 3 is 2.67 bits per heavy atom. The third kappa shape index (κ3) is 1.74. The van der Waals surface area contributed by atoms with Crippen LogP contribution in [0.2, 0.25) is 0 Å². The predicted octanol–water partition coefficient (Wildman–Crippen LogP) is 2.09. The molecule has 0 aromatic heterocycles. The molecule has 2 aliphatic rings. The van der Waals surface area contributed by atoms with Gasteiger partial charge in [0.1, 0.15) is 0 Å². The number of hydrogen-bond acceptors (Lipinski definition) is 2. The minimum Gasteiger partial charge on any atom is -0.333 e. The van der Waals surface area contributed by atoms with Gasteiger partial charge in [0.15, 0.2) is 0 Å². The molecule has 0 spiro atoms. The molecule has 0 radical (unpaired) electrons. The molecule has 1 aliphatic carbocycles. The minimum atomic E-state index is 0.186. The summed E-state index contributed by atoms with van der Waals surface area (Å²) in [6.07, 6.45) is 3.14. The van der Waals surface area contributed by atoms with Crippen LogP contribution >= 0.6 is 0 Å². The maximum atomic E-state index is 12.0. The van der Waals surface area contributed by atoms with E-state index in [1.165, 1.54) is 5.56 Å². The second-order valence-corrected chi connectivity index (χ2v) is 5.56. The van der Waals surface area contributed by atoms with E-state index in [0.717, 1.165) is 19.3 Å². The number of nitrogens with two attached hydrogens (primary N) is 1. The Bertz CT molecular complexity index is 445. The average Bonchev–Trinajstić information content (AvgIpc) is 2.91. The van der Waals surface area contributed by atoms with Crippen LogP contribution in [0.1, 0.15) is 37.8 Å². The van der Waals surface area contributed by atoms with Crippen molar-refractivity contribution in [2.45, 2.75) is 44.3 Å². The number of carbonyl (C=O) groups excluding carboxylic acids is 1. The number of hydrogen-bond donors (Lipinski definition) is 1. The van der Waals surface area contributed by atoms with Gasteiger partial charge in [0.2, 0.25) is 5.91 Å². The van der Waals surface area contributed by atoms with Gasteiger partial charge >= 0.3 is 0 Å². The fourth-order valence-corrected chi connectivity index (χ4v) is 3.78. The van der Waals surface area contributed by atoms with Gasteiger partial charge in [-0.1, -0.05) is 30.3 Å². The van der Waals surface area contributed by atoms with Crippen molar-refractivity contribution in [3.8, 4) is 0 Å². The first-order valence-corrected chi connectivity index (χ1v) is 6.78. The number of benzene rings is 1. The third-order valence-electron chi connectivity index (χ3n) is 4.58. The van der Waals surface area contributed by atoms with Crippen molar-refractivity contribution < 1.29 is 4.79 Å². The zero-order valence-electron chi connectivity index (χ0n) is 10.8. The van der Waals surface area contributed by atoms with Gasteiger partial charge in [0, 0.05) is 19.0 Å². The van der Waals surface area contributed by atoms with E-state index in [1.54, 1.807) is 6.92 Å². The highest BCUT2D eigenvalue weighted by atomic mass is 16.2. The molecule has 3 rings (SSSR count). The van der Waals surface area contributed by atoms with E-state index in [4.69, 9.17) is 5.73 Å². The molecule has 1 amide bonds. The van der Waals surface area contributed by atoms with E-state index in [0.29, 0.717) is 12.0 Å². The van der Waals surface area contributed by atoms with Crippen molar-refractivity contribution >= 4 is 5.91 Å². The van der Waals surface area contributed by atoms with Crippen LogP contribution in [0, 0.1) is 5.92 Å². The van der Waals surface area contributed by atoms with Crippen molar-refractivity contribution in [3.05, 3.63) is 35.9 Å². The Morgan fingerprint density at radius 2 is 2.00 bits per heavy atom. The zero-order valence-corrected chi connectivity index (χ0v) is 10.8. The molecule has 1 saturated heterocycles. The second kappa shape index (κ2) is 4.39. The molecule has 2 N–H and O–H groups in total. The zero-order chi connectivity index (χ0) is 12.7. The third-order valence-corrected chi connectivity index (χ3v) is 4.58.